The number of nitrogens with one attached hydrogen (secondary N) is 1. The highest BCUT2D eigenvalue weighted by Crippen LogP contribution is 2.31. The molecular weight excluding hydrogens is 378 g/mol. The van der Waals surface area contributed by atoms with Crippen molar-refractivity contribution in [3.05, 3.63) is 76.5 Å². The molecule has 1 aliphatic heterocycles. The maximum absolute atomic E-state index is 12.2. The zero-order valence-corrected chi connectivity index (χ0v) is 15.0. The van der Waals surface area contributed by atoms with Crippen LogP contribution in [0.2, 0.25) is 0 Å². The molecule has 0 fully saturated rings. The first-order valence-corrected chi connectivity index (χ1v) is 8.67. The van der Waals surface area contributed by atoms with Gasteiger partial charge in [0.05, 0.1) is 16.7 Å². The summed E-state index contributed by atoms with van der Waals surface area (Å²) < 4.78 is 16.7. The summed E-state index contributed by atoms with van der Waals surface area (Å²) in [6.07, 6.45) is 0.467. The van der Waals surface area contributed by atoms with Crippen LogP contribution in [0.1, 0.15) is 5.76 Å². The Labute approximate surface area is 164 Å². The van der Waals surface area contributed by atoms with Gasteiger partial charge in [-0.2, -0.15) is 5.10 Å². The summed E-state index contributed by atoms with van der Waals surface area (Å²) in [5.41, 5.74) is 2.66. The first-order valence-electron chi connectivity index (χ1n) is 8.67. The van der Waals surface area contributed by atoms with E-state index >= 15 is 0 Å². The predicted octanol–water partition coefficient (Wildman–Crippen LogP) is 3.14. The van der Waals surface area contributed by atoms with E-state index in [4.69, 9.17) is 13.9 Å². The van der Waals surface area contributed by atoms with Crippen molar-refractivity contribution < 1.29 is 23.6 Å². The minimum atomic E-state index is -0.832. The normalized spacial score (nSPS) is 15.2. The molecule has 9 heteroatoms. The Morgan fingerprint density at radius 1 is 1.10 bits per heavy atom. The molecule has 1 atom stereocenters. The first kappa shape index (κ1) is 18.2. The van der Waals surface area contributed by atoms with E-state index in [1.165, 1.54) is 12.3 Å². The molecule has 1 aliphatic rings. The fourth-order valence-electron chi connectivity index (χ4n) is 2.79. The predicted molar refractivity (Wildman–Crippen MR) is 103 cm³/mol. The van der Waals surface area contributed by atoms with E-state index in [0.29, 0.717) is 28.6 Å². The average molecular weight is 393 g/mol. The van der Waals surface area contributed by atoms with E-state index in [-0.39, 0.29) is 12.3 Å². The molecule has 9 nitrogen and oxygen atoms in total. The van der Waals surface area contributed by atoms with Crippen LogP contribution >= 0.6 is 0 Å². The number of nitro benzene ring substituents is 1. The number of furan rings is 1. The van der Waals surface area contributed by atoms with E-state index in [1.54, 1.807) is 48.5 Å². The minimum Gasteiger partial charge on any atom is -0.485 e. The number of nitro groups is 1. The van der Waals surface area contributed by atoms with Crippen LogP contribution in [0.5, 0.6) is 11.5 Å². The molecule has 2 aromatic carbocycles. The molecule has 0 bridgehead atoms. The van der Waals surface area contributed by atoms with Crippen molar-refractivity contribution in [3.63, 3.8) is 0 Å². The summed E-state index contributed by atoms with van der Waals surface area (Å²) in [5.74, 6) is 1.25. The second-order valence-electron chi connectivity index (χ2n) is 6.07. The number of amides is 1. The van der Waals surface area contributed by atoms with Crippen LogP contribution in [0, 0.1) is 10.1 Å². The highest BCUT2D eigenvalue weighted by molar-refractivity contribution is 5.84. The maximum atomic E-state index is 12.2. The lowest BCUT2D eigenvalue weighted by molar-refractivity contribution is -0.384. The van der Waals surface area contributed by atoms with Gasteiger partial charge in [-0.3, -0.25) is 14.9 Å². The highest BCUT2D eigenvalue weighted by atomic mass is 16.6. The number of fused-ring (bicyclic) bond motifs is 1. The van der Waals surface area contributed by atoms with Crippen molar-refractivity contribution in [2.24, 2.45) is 5.10 Å². The largest absolute Gasteiger partial charge is 0.485 e. The monoisotopic (exact) mass is 393 g/mol. The van der Waals surface area contributed by atoms with Crippen molar-refractivity contribution in [2.45, 2.75) is 6.10 Å². The quantitative estimate of drug-likeness (QED) is 0.404. The van der Waals surface area contributed by atoms with Gasteiger partial charge < -0.3 is 13.9 Å². The van der Waals surface area contributed by atoms with E-state index in [9.17, 15) is 14.9 Å². The Morgan fingerprint density at radius 3 is 2.69 bits per heavy atom. The van der Waals surface area contributed by atoms with Crippen molar-refractivity contribution in [3.8, 4) is 22.8 Å². The number of rotatable bonds is 5. The second kappa shape index (κ2) is 7.85. The standard InChI is InChI=1S/C20H15N3O6/c24-20(19-12-27-17-7-3-4-8-18(17)29-19)22-21-11-13-9-10-16(28-13)14-5-1-2-6-15(14)23(25)26/h1-11,19H,12H2,(H,22,24)/b21-11-. The van der Waals surface area contributed by atoms with E-state index < -0.39 is 16.9 Å². The van der Waals surface area contributed by atoms with Crippen molar-refractivity contribution in [2.75, 3.05) is 6.61 Å². The van der Waals surface area contributed by atoms with Gasteiger partial charge in [0.2, 0.25) is 6.10 Å². The fourth-order valence-corrected chi connectivity index (χ4v) is 2.79. The lowest BCUT2D eigenvalue weighted by Gasteiger charge is -2.24. The Morgan fingerprint density at radius 2 is 1.86 bits per heavy atom. The van der Waals surface area contributed by atoms with Gasteiger partial charge in [-0.1, -0.05) is 24.3 Å². The van der Waals surface area contributed by atoms with Crippen LogP contribution < -0.4 is 14.9 Å². The number of carbonyl (C=O) groups is 1. The Hall–Kier alpha value is -4.14. The zero-order chi connectivity index (χ0) is 20.2. The van der Waals surface area contributed by atoms with Crippen LogP contribution in [0.3, 0.4) is 0 Å². The number of hydrogen-bond acceptors (Lipinski definition) is 7. The summed E-state index contributed by atoms with van der Waals surface area (Å²) in [6, 6.07) is 16.5. The molecule has 146 valence electrons. The summed E-state index contributed by atoms with van der Waals surface area (Å²) in [4.78, 5) is 22.9. The molecule has 0 aliphatic carbocycles. The third-order valence-corrected chi connectivity index (χ3v) is 4.16. The molecule has 29 heavy (non-hydrogen) atoms. The molecular formula is C20H15N3O6. The first-order chi connectivity index (χ1) is 14.1. The lowest BCUT2D eigenvalue weighted by atomic mass is 10.1. The number of carbonyl (C=O) groups excluding carboxylic acids is 1. The summed E-state index contributed by atoms with van der Waals surface area (Å²) >= 11 is 0. The van der Waals surface area contributed by atoms with E-state index in [2.05, 4.69) is 10.5 Å². The van der Waals surface area contributed by atoms with Crippen LogP contribution in [-0.4, -0.2) is 29.8 Å². The van der Waals surface area contributed by atoms with Crippen LogP contribution in [0.4, 0.5) is 5.69 Å². The third kappa shape index (κ3) is 3.93. The van der Waals surface area contributed by atoms with E-state index in [0.717, 1.165) is 0 Å². The van der Waals surface area contributed by atoms with E-state index in [1.807, 2.05) is 6.07 Å². The summed E-state index contributed by atoms with van der Waals surface area (Å²) in [7, 11) is 0. The van der Waals surface area contributed by atoms with Crippen molar-refractivity contribution in [1.29, 1.82) is 0 Å². The number of nitrogens with zero attached hydrogens (tertiary/aromatic N) is 2. The van der Waals surface area contributed by atoms with Gasteiger partial charge in [-0.25, -0.2) is 5.43 Å². The van der Waals surface area contributed by atoms with Gasteiger partial charge >= 0.3 is 0 Å². The average Bonchev–Trinajstić information content (AvgIpc) is 3.22. The fraction of sp³-hybridized carbons (Fsp3) is 0.100. The van der Waals surface area contributed by atoms with Gasteiger partial charge in [-0.05, 0) is 30.3 Å². The topological polar surface area (TPSA) is 116 Å². The molecule has 4 rings (SSSR count). The van der Waals surface area contributed by atoms with Gasteiger partial charge in [0, 0.05) is 6.07 Å². The molecule has 0 saturated carbocycles. The smallest absolute Gasteiger partial charge is 0.284 e. The summed E-state index contributed by atoms with van der Waals surface area (Å²) in [6.45, 7) is 0.0704. The molecule has 1 unspecified atom stereocenters. The molecule has 1 amide bonds. The number of hydrazone groups is 1. The molecule has 2 heterocycles. The van der Waals surface area contributed by atoms with Crippen molar-refractivity contribution in [1.82, 2.24) is 5.43 Å². The van der Waals surface area contributed by atoms with Crippen LogP contribution in [-0.2, 0) is 4.79 Å². The molecule has 0 spiro atoms. The molecule has 1 aromatic heterocycles. The maximum Gasteiger partial charge on any atom is 0.284 e. The van der Waals surface area contributed by atoms with Crippen LogP contribution in [0.25, 0.3) is 11.3 Å². The highest BCUT2D eigenvalue weighted by Gasteiger charge is 2.27. The Bertz CT molecular complexity index is 1090. The number of ether oxygens (including phenoxy) is 2. The van der Waals surface area contributed by atoms with Gasteiger partial charge in [0.1, 0.15) is 18.1 Å². The lowest BCUT2D eigenvalue weighted by Crippen LogP contribution is -2.42. The number of hydrogen-bond donors (Lipinski definition) is 1. The third-order valence-electron chi connectivity index (χ3n) is 4.16. The molecule has 0 radical (unpaired) electrons. The van der Waals surface area contributed by atoms with Crippen molar-refractivity contribution >= 4 is 17.8 Å². The Balaban J connectivity index is 1.40. The minimum absolute atomic E-state index is 0.0617. The molecule has 1 N–H and O–H groups in total. The SMILES string of the molecule is O=C(N/N=C\c1ccc(-c2ccccc2[N+](=O)[O-])o1)C1COc2ccccc2O1. The van der Waals surface area contributed by atoms with Gasteiger partial charge in [-0.15, -0.1) is 0 Å². The second-order valence-corrected chi connectivity index (χ2v) is 6.07. The molecule has 3 aromatic rings. The number of para-hydroxylation sites is 3. The van der Waals surface area contributed by atoms with Crippen LogP contribution in [0.15, 0.2) is 70.2 Å². The summed E-state index contributed by atoms with van der Waals surface area (Å²) in [5, 5.41) is 15.0. The molecule has 0 saturated heterocycles. The van der Waals surface area contributed by atoms with Gasteiger partial charge in [0.15, 0.2) is 11.5 Å². The zero-order valence-electron chi connectivity index (χ0n) is 15.0. The number of benzene rings is 2. The van der Waals surface area contributed by atoms with Gasteiger partial charge in [0.25, 0.3) is 11.6 Å². The Kier molecular flexibility index (Phi) is 4.93.